The summed E-state index contributed by atoms with van der Waals surface area (Å²) >= 11 is 0. The van der Waals surface area contributed by atoms with E-state index in [9.17, 15) is 8.42 Å². The van der Waals surface area contributed by atoms with Gasteiger partial charge in [0.1, 0.15) is 0 Å². The van der Waals surface area contributed by atoms with Crippen LogP contribution in [-0.2, 0) is 15.6 Å². The molecule has 3 N–H and O–H groups in total. The molecule has 0 radical (unpaired) electrons. The van der Waals surface area contributed by atoms with Gasteiger partial charge in [-0.3, -0.25) is 0 Å². The lowest BCUT2D eigenvalue weighted by molar-refractivity contribution is 0.372. The Hall–Kier alpha value is -1.48. The Morgan fingerprint density at radius 2 is 2.00 bits per heavy atom. The number of rotatable bonds is 4. The van der Waals surface area contributed by atoms with Crippen molar-refractivity contribution in [2.75, 3.05) is 7.05 Å². The van der Waals surface area contributed by atoms with Gasteiger partial charge in [-0.15, -0.1) is 12.4 Å². The molecule has 1 heterocycles. The highest BCUT2D eigenvalue weighted by Gasteiger charge is 2.36. The minimum atomic E-state index is -3.51. The number of nitrogens with two attached hydrogens (primary N) is 1. The molecular formula is C14H19ClN4O3S. The second-order valence-electron chi connectivity index (χ2n) is 5.52. The predicted octanol–water partition coefficient (Wildman–Crippen LogP) is 1.79. The first-order valence-electron chi connectivity index (χ1n) is 7.12. The highest BCUT2D eigenvalue weighted by atomic mass is 35.5. The van der Waals surface area contributed by atoms with Gasteiger partial charge >= 0.3 is 0 Å². The van der Waals surface area contributed by atoms with Gasteiger partial charge in [-0.05, 0) is 38.1 Å². The summed E-state index contributed by atoms with van der Waals surface area (Å²) in [6.45, 7) is 0. The minimum Gasteiger partial charge on any atom is -0.334 e. The van der Waals surface area contributed by atoms with E-state index >= 15 is 0 Å². The summed E-state index contributed by atoms with van der Waals surface area (Å²) in [4.78, 5) is 4.51. The van der Waals surface area contributed by atoms with Crippen LogP contribution in [-0.4, -0.2) is 25.6 Å². The molecule has 1 saturated carbocycles. The Labute approximate surface area is 141 Å². The predicted molar refractivity (Wildman–Crippen MR) is 87.6 cm³/mol. The first-order chi connectivity index (χ1) is 10.4. The van der Waals surface area contributed by atoms with E-state index in [0.29, 0.717) is 11.4 Å². The van der Waals surface area contributed by atoms with E-state index in [1.165, 1.54) is 19.2 Å². The van der Waals surface area contributed by atoms with Crippen molar-refractivity contribution >= 4 is 22.4 Å². The van der Waals surface area contributed by atoms with Crippen molar-refractivity contribution in [3.05, 3.63) is 30.1 Å². The molecule has 1 aliphatic carbocycles. The fourth-order valence-corrected chi connectivity index (χ4v) is 3.46. The molecule has 7 nitrogen and oxygen atoms in total. The number of hydrogen-bond donors (Lipinski definition) is 2. The lowest BCUT2D eigenvalue weighted by atomic mass is 9.99. The van der Waals surface area contributed by atoms with Gasteiger partial charge < -0.3 is 10.3 Å². The lowest BCUT2D eigenvalue weighted by Gasteiger charge is -2.17. The van der Waals surface area contributed by atoms with Gasteiger partial charge in [0.25, 0.3) is 5.89 Å². The molecule has 0 atom stereocenters. The Bertz CT molecular complexity index is 785. The van der Waals surface area contributed by atoms with E-state index in [1.54, 1.807) is 12.1 Å². The summed E-state index contributed by atoms with van der Waals surface area (Å²) in [5.74, 6) is 0.766. The van der Waals surface area contributed by atoms with Crippen LogP contribution in [0.1, 0.15) is 31.5 Å². The van der Waals surface area contributed by atoms with Crippen molar-refractivity contribution in [2.24, 2.45) is 5.73 Å². The van der Waals surface area contributed by atoms with Crippen LogP contribution in [0.25, 0.3) is 11.5 Å². The van der Waals surface area contributed by atoms with Crippen LogP contribution in [0.3, 0.4) is 0 Å². The van der Waals surface area contributed by atoms with E-state index in [0.717, 1.165) is 25.7 Å². The van der Waals surface area contributed by atoms with Crippen LogP contribution in [0.2, 0.25) is 0 Å². The fourth-order valence-electron chi connectivity index (χ4n) is 2.69. The van der Waals surface area contributed by atoms with Crippen molar-refractivity contribution in [2.45, 2.75) is 36.1 Å². The molecule has 126 valence electrons. The average molecular weight is 359 g/mol. The maximum atomic E-state index is 11.9. The molecule has 0 aliphatic heterocycles. The van der Waals surface area contributed by atoms with Crippen LogP contribution in [0, 0.1) is 0 Å². The normalized spacial score (nSPS) is 17.0. The molecule has 0 spiro atoms. The standard InChI is InChI=1S/C14H18N4O3S.ClH/c1-16-22(19,20)11-6-4-5-10(9-11)12-17-13(18-21-12)14(15)7-2-3-8-14;/h4-6,9,16H,2-3,7-8,15H2,1H3;1H. The first kappa shape index (κ1) is 17.9. The van der Waals surface area contributed by atoms with Gasteiger partial charge in [0.2, 0.25) is 10.0 Å². The van der Waals surface area contributed by atoms with E-state index in [1.807, 2.05) is 0 Å². The van der Waals surface area contributed by atoms with Gasteiger partial charge in [0, 0.05) is 5.56 Å². The van der Waals surface area contributed by atoms with Crippen LogP contribution >= 0.6 is 12.4 Å². The molecule has 1 fully saturated rings. The van der Waals surface area contributed by atoms with Crippen molar-refractivity contribution < 1.29 is 12.9 Å². The highest BCUT2D eigenvalue weighted by molar-refractivity contribution is 7.89. The van der Waals surface area contributed by atoms with E-state index < -0.39 is 15.6 Å². The maximum Gasteiger partial charge on any atom is 0.258 e. The van der Waals surface area contributed by atoms with Gasteiger partial charge in [-0.1, -0.05) is 24.1 Å². The number of nitrogens with zero attached hydrogens (tertiary/aromatic N) is 2. The number of hydrogen-bond acceptors (Lipinski definition) is 6. The Balaban J connectivity index is 0.00000192. The van der Waals surface area contributed by atoms with E-state index in [4.69, 9.17) is 10.3 Å². The van der Waals surface area contributed by atoms with Crippen LogP contribution in [0.15, 0.2) is 33.7 Å². The molecule has 3 rings (SSSR count). The van der Waals surface area contributed by atoms with Gasteiger partial charge in [0.15, 0.2) is 5.82 Å². The van der Waals surface area contributed by atoms with E-state index in [2.05, 4.69) is 14.9 Å². The van der Waals surface area contributed by atoms with Crippen molar-refractivity contribution in [1.29, 1.82) is 0 Å². The topological polar surface area (TPSA) is 111 Å². The molecule has 23 heavy (non-hydrogen) atoms. The highest BCUT2D eigenvalue weighted by Crippen LogP contribution is 2.35. The zero-order valence-corrected chi connectivity index (χ0v) is 14.3. The largest absolute Gasteiger partial charge is 0.334 e. The molecular weight excluding hydrogens is 340 g/mol. The first-order valence-corrected chi connectivity index (χ1v) is 8.60. The van der Waals surface area contributed by atoms with Crippen LogP contribution in [0.4, 0.5) is 0 Å². The Kier molecular flexibility index (Phi) is 5.10. The molecule has 0 unspecified atom stereocenters. The SMILES string of the molecule is CNS(=O)(=O)c1cccc(-c2nc(C3(N)CCCC3)no2)c1.Cl. The monoisotopic (exact) mass is 358 g/mol. The summed E-state index contributed by atoms with van der Waals surface area (Å²) in [6.07, 6.45) is 3.77. The molecule has 0 bridgehead atoms. The summed E-state index contributed by atoms with van der Waals surface area (Å²) in [5.41, 5.74) is 6.32. The summed E-state index contributed by atoms with van der Waals surface area (Å²) < 4.78 is 31.3. The summed E-state index contributed by atoms with van der Waals surface area (Å²) in [5, 5.41) is 3.98. The van der Waals surface area contributed by atoms with Gasteiger partial charge in [-0.2, -0.15) is 4.98 Å². The molecule has 2 aromatic rings. The molecule has 0 amide bonds. The third-order valence-corrected chi connectivity index (χ3v) is 5.44. The second kappa shape index (κ2) is 6.56. The van der Waals surface area contributed by atoms with E-state index in [-0.39, 0.29) is 23.2 Å². The number of sulfonamides is 1. The molecule has 0 saturated heterocycles. The number of nitrogens with one attached hydrogen (secondary N) is 1. The Morgan fingerprint density at radius 3 is 2.65 bits per heavy atom. The number of benzene rings is 1. The minimum absolute atomic E-state index is 0. The van der Waals surface area contributed by atoms with Crippen LogP contribution in [0.5, 0.6) is 0 Å². The zero-order chi connectivity index (χ0) is 15.8. The lowest BCUT2D eigenvalue weighted by Crippen LogP contribution is -2.34. The van der Waals surface area contributed by atoms with Crippen molar-refractivity contribution in [1.82, 2.24) is 14.9 Å². The Morgan fingerprint density at radius 1 is 1.30 bits per heavy atom. The van der Waals surface area contributed by atoms with Crippen molar-refractivity contribution in [3.63, 3.8) is 0 Å². The number of halogens is 1. The third kappa shape index (κ3) is 3.40. The fraction of sp³-hybridized carbons (Fsp3) is 0.429. The molecule has 1 aromatic heterocycles. The third-order valence-electron chi connectivity index (χ3n) is 4.03. The zero-order valence-electron chi connectivity index (χ0n) is 12.7. The molecule has 9 heteroatoms. The van der Waals surface area contributed by atoms with Crippen LogP contribution < -0.4 is 10.5 Å². The molecule has 1 aliphatic rings. The van der Waals surface area contributed by atoms with Gasteiger partial charge in [-0.25, -0.2) is 13.1 Å². The summed E-state index contributed by atoms with van der Waals surface area (Å²) in [6, 6.07) is 6.37. The van der Waals surface area contributed by atoms with Gasteiger partial charge in [0.05, 0.1) is 10.4 Å². The quantitative estimate of drug-likeness (QED) is 0.861. The summed E-state index contributed by atoms with van der Waals surface area (Å²) in [7, 11) is -2.15. The smallest absolute Gasteiger partial charge is 0.258 e. The van der Waals surface area contributed by atoms with Crippen molar-refractivity contribution in [3.8, 4) is 11.5 Å². The maximum absolute atomic E-state index is 11.9. The molecule has 1 aromatic carbocycles. The number of aromatic nitrogens is 2. The second-order valence-corrected chi connectivity index (χ2v) is 7.41. The average Bonchev–Trinajstić information content (AvgIpc) is 3.17.